The van der Waals surface area contributed by atoms with E-state index in [1.54, 1.807) is 32.0 Å². The van der Waals surface area contributed by atoms with Crippen LogP contribution in [0.25, 0.3) is 0 Å². The van der Waals surface area contributed by atoms with Crippen LogP contribution in [0.3, 0.4) is 0 Å². The second-order valence-electron chi connectivity index (χ2n) is 5.21. The number of carboxylic acids is 1. The third-order valence-electron chi connectivity index (χ3n) is 2.69. The number of rotatable bonds is 6. The molecular weight excluding hydrogens is 260 g/mol. The van der Waals surface area contributed by atoms with Crippen molar-refractivity contribution in [1.82, 2.24) is 5.32 Å². The number of carbonyl (C=O) groups is 3. The van der Waals surface area contributed by atoms with Crippen LogP contribution in [0.1, 0.15) is 36.2 Å². The molecule has 108 valence electrons. The first kappa shape index (κ1) is 15.7. The zero-order chi connectivity index (χ0) is 15.3. The molecule has 0 atom stereocenters. The minimum absolute atomic E-state index is 0.0132. The fourth-order valence-corrected chi connectivity index (χ4v) is 1.96. The van der Waals surface area contributed by atoms with Crippen LogP contribution < -0.4 is 11.1 Å². The van der Waals surface area contributed by atoms with Gasteiger partial charge >= 0.3 is 5.97 Å². The molecule has 1 aromatic carbocycles. The van der Waals surface area contributed by atoms with E-state index in [-0.39, 0.29) is 24.3 Å². The van der Waals surface area contributed by atoms with E-state index >= 15 is 0 Å². The van der Waals surface area contributed by atoms with Gasteiger partial charge in [-0.15, -0.1) is 0 Å². The topological polar surface area (TPSA) is 109 Å². The summed E-state index contributed by atoms with van der Waals surface area (Å²) in [6.07, 6.45) is -0.0516. The van der Waals surface area contributed by atoms with Gasteiger partial charge in [0.15, 0.2) is 0 Å². The zero-order valence-corrected chi connectivity index (χ0v) is 11.5. The lowest BCUT2D eigenvalue weighted by Gasteiger charge is -2.24. The maximum absolute atomic E-state index is 11.9. The van der Waals surface area contributed by atoms with Crippen LogP contribution in [0.2, 0.25) is 0 Å². The van der Waals surface area contributed by atoms with Crippen molar-refractivity contribution in [2.24, 2.45) is 5.73 Å². The summed E-state index contributed by atoms with van der Waals surface area (Å²) in [6, 6.07) is 6.30. The quantitative estimate of drug-likeness (QED) is 0.711. The Bertz CT molecular complexity index is 538. The summed E-state index contributed by atoms with van der Waals surface area (Å²) in [6.45, 7) is 3.36. The normalized spacial score (nSPS) is 10.9. The van der Waals surface area contributed by atoms with Crippen LogP contribution in [-0.4, -0.2) is 28.4 Å². The Kier molecular flexibility index (Phi) is 4.85. The molecule has 20 heavy (non-hydrogen) atoms. The van der Waals surface area contributed by atoms with Crippen molar-refractivity contribution in [3.8, 4) is 0 Å². The number of hydrogen-bond donors (Lipinski definition) is 3. The molecule has 0 aliphatic carbocycles. The molecule has 0 radical (unpaired) electrons. The monoisotopic (exact) mass is 278 g/mol. The molecule has 0 heterocycles. The largest absolute Gasteiger partial charge is 0.478 e. The smallest absolute Gasteiger partial charge is 0.335 e. The summed E-state index contributed by atoms with van der Waals surface area (Å²) in [7, 11) is 0. The summed E-state index contributed by atoms with van der Waals surface area (Å²) in [5.74, 6) is -1.95. The van der Waals surface area contributed by atoms with Crippen LogP contribution in [0.5, 0.6) is 0 Å². The second kappa shape index (κ2) is 6.18. The number of nitrogens with one attached hydrogen (secondary N) is 1. The van der Waals surface area contributed by atoms with Crippen molar-refractivity contribution in [3.63, 3.8) is 0 Å². The van der Waals surface area contributed by atoms with E-state index in [0.717, 1.165) is 0 Å². The minimum Gasteiger partial charge on any atom is -0.478 e. The van der Waals surface area contributed by atoms with E-state index in [4.69, 9.17) is 10.8 Å². The van der Waals surface area contributed by atoms with Gasteiger partial charge in [0, 0.05) is 12.0 Å². The van der Waals surface area contributed by atoms with Gasteiger partial charge in [0.2, 0.25) is 11.8 Å². The number of carboxylic acid groups (broad SMARTS) is 1. The highest BCUT2D eigenvalue weighted by atomic mass is 16.4. The number of nitrogens with two attached hydrogens (primary N) is 1. The maximum atomic E-state index is 11.9. The molecule has 0 fully saturated rings. The van der Waals surface area contributed by atoms with Gasteiger partial charge in [-0.1, -0.05) is 18.2 Å². The summed E-state index contributed by atoms with van der Waals surface area (Å²) in [5, 5.41) is 11.7. The highest BCUT2D eigenvalue weighted by molar-refractivity contribution is 5.91. The van der Waals surface area contributed by atoms with E-state index in [2.05, 4.69) is 5.32 Å². The summed E-state index contributed by atoms with van der Waals surface area (Å²) in [4.78, 5) is 33.9. The number of benzene rings is 1. The molecule has 0 unspecified atom stereocenters. The first-order chi connectivity index (χ1) is 9.21. The molecule has 4 N–H and O–H groups in total. The lowest BCUT2D eigenvalue weighted by molar-refractivity contribution is -0.123. The molecule has 0 aliphatic heterocycles. The number of hydrogen-bond acceptors (Lipinski definition) is 3. The lowest BCUT2D eigenvalue weighted by Crippen LogP contribution is -2.46. The van der Waals surface area contributed by atoms with Gasteiger partial charge in [-0.05, 0) is 25.5 Å². The molecular formula is C14H18N2O4. The van der Waals surface area contributed by atoms with E-state index in [9.17, 15) is 14.4 Å². The number of primary amides is 1. The van der Waals surface area contributed by atoms with Crippen LogP contribution in [0, 0.1) is 0 Å². The fourth-order valence-electron chi connectivity index (χ4n) is 1.96. The van der Waals surface area contributed by atoms with Crippen LogP contribution in [-0.2, 0) is 16.0 Å². The minimum atomic E-state index is -1.08. The molecule has 0 saturated heterocycles. The van der Waals surface area contributed by atoms with Gasteiger partial charge in [0.25, 0.3) is 0 Å². The van der Waals surface area contributed by atoms with Gasteiger partial charge in [-0.25, -0.2) is 4.79 Å². The summed E-state index contributed by atoms with van der Waals surface area (Å²) in [5.41, 5.74) is 4.86. The lowest BCUT2D eigenvalue weighted by atomic mass is 9.98. The van der Waals surface area contributed by atoms with Crippen LogP contribution in [0.4, 0.5) is 0 Å². The third kappa shape index (κ3) is 4.72. The molecule has 0 spiro atoms. The van der Waals surface area contributed by atoms with Crippen LogP contribution >= 0.6 is 0 Å². The highest BCUT2D eigenvalue weighted by Crippen LogP contribution is 2.12. The van der Waals surface area contributed by atoms with E-state index in [1.807, 2.05) is 0 Å². The Morgan fingerprint density at radius 3 is 2.40 bits per heavy atom. The molecule has 0 aliphatic rings. The zero-order valence-electron chi connectivity index (χ0n) is 11.5. The maximum Gasteiger partial charge on any atom is 0.335 e. The average Bonchev–Trinajstić information content (AvgIpc) is 2.26. The summed E-state index contributed by atoms with van der Waals surface area (Å²) < 4.78 is 0. The van der Waals surface area contributed by atoms with Crippen molar-refractivity contribution in [2.75, 3.05) is 0 Å². The van der Waals surface area contributed by atoms with Crippen molar-refractivity contribution in [1.29, 1.82) is 0 Å². The fraction of sp³-hybridized carbons (Fsp3) is 0.357. The number of carbonyl (C=O) groups excluding carboxylic acids is 2. The number of aromatic carboxylic acids is 1. The molecule has 6 nitrogen and oxygen atoms in total. The SMILES string of the molecule is CC(C)(CC(N)=O)NC(=O)Cc1ccccc1C(=O)O. The molecule has 0 bridgehead atoms. The Hall–Kier alpha value is -2.37. The van der Waals surface area contributed by atoms with E-state index in [0.29, 0.717) is 5.56 Å². The molecule has 2 amide bonds. The Morgan fingerprint density at radius 1 is 1.25 bits per heavy atom. The Labute approximate surface area is 117 Å². The first-order valence-corrected chi connectivity index (χ1v) is 6.12. The van der Waals surface area contributed by atoms with Crippen molar-refractivity contribution >= 4 is 17.8 Å². The predicted molar refractivity (Wildman–Crippen MR) is 73.1 cm³/mol. The second-order valence-corrected chi connectivity index (χ2v) is 5.21. The van der Waals surface area contributed by atoms with E-state index in [1.165, 1.54) is 6.07 Å². The van der Waals surface area contributed by atoms with Gasteiger partial charge in [0.1, 0.15) is 0 Å². The molecule has 6 heteroatoms. The Balaban J connectivity index is 2.77. The molecule has 1 rings (SSSR count). The number of amides is 2. The molecule has 0 saturated carbocycles. The van der Waals surface area contributed by atoms with Gasteiger partial charge in [0.05, 0.1) is 12.0 Å². The molecule has 1 aromatic rings. The van der Waals surface area contributed by atoms with Gasteiger partial charge < -0.3 is 16.2 Å². The van der Waals surface area contributed by atoms with Gasteiger partial charge in [-0.3, -0.25) is 9.59 Å². The standard InChI is InChI=1S/C14H18N2O4/c1-14(2,8-11(15)17)16-12(18)7-9-5-3-4-6-10(9)13(19)20/h3-6H,7-8H2,1-2H3,(H2,15,17)(H,16,18)(H,19,20). The van der Waals surface area contributed by atoms with Gasteiger partial charge in [-0.2, -0.15) is 0 Å². The van der Waals surface area contributed by atoms with E-state index < -0.39 is 17.4 Å². The Morgan fingerprint density at radius 2 is 1.85 bits per heavy atom. The average molecular weight is 278 g/mol. The van der Waals surface area contributed by atoms with Crippen LogP contribution in [0.15, 0.2) is 24.3 Å². The van der Waals surface area contributed by atoms with Crippen molar-refractivity contribution in [3.05, 3.63) is 35.4 Å². The molecule has 0 aromatic heterocycles. The van der Waals surface area contributed by atoms with Crippen molar-refractivity contribution in [2.45, 2.75) is 32.2 Å². The predicted octanol–water partition coefficient (Wildman–Crippen LogP) is 0.697. The highest BCUT2D eigenvalue weighted by Gasteiger charge is 2.23. The third-order valence-corrected chi connectivity index (χ3v) is 2.69. The summed E-state index contributed by atoms with van der Waals surface area (Å²) >= 11 is 0. The van der Waals surface area contributed by atoms with Crippen molar-refractivity contribution < 1.29 is 19.5 Å². The first-order valence-electron chi connectivity index (χ1n) is 6.12.